The number of amides is 6. The molecule has 32 heavy (non-hydrogen) atoms. The number of nitrogens with two attached hydrogens (primary N) is 2. The quantitative estimate of drug-likeness (QED) is 0.263. The zero-order valence-corrected chi connectivity index (χ0v) is 19.3. The largest absolute Gasteiger partial charge is 0.351 e. The van der Waals surface area contributed by atoms with Crippen LogP contribution in [0.25, 0.3) is 0 Å². The Morgan fingerprint density at radius 3 is 1.31 bits per heavy atom. The SMILES string of the molecule is NC(=O)NC(=S)NC(=O)c1ccccc1SSc1ccccc1C(=O)NC(=S)NC(N)=O. The van der Waals surface area contributed by atoms with Crippen LogP contribution in [0, 0.1) is 0 Å². The fraction of sp³-hybridized carbons (Fsp3) is 0. The maximum absolute atomic E-state index is 12.5. The molecule has 166 valence electrons. The van der Waals surface area contributed by atoms with Gasteiger partial charge in [0.05, 0.1) is 11.1 Å². The van der Waals surface area contributed by atoms with Crippen LogP contribution < -0.4 is 32.7 Å². The standard InChI is InChI=1S/C18H16N6O4S4/c19-15(27)23-17(29)21-13(25)9-5-1-3-7-11(9)31-32-12-8-4-2-6-10(12)14(26)22-18(30)24-16(20)28/h1-8H,(H4,19,21,23,25,27,29)(H4,20,22,24,26,28,30). The summed E-state index contributed by atoms with van der Waals surface area (Å²) in [6, 6.07) is 11.6. The molecule has 14 heteroatoms. The topological polar surface area (TPSA) is 168 Å². The molecule has 6 amide bonds. The van der Waals surface area contributed by atoms with Crippen LogP contribution in [0.5, 0.6) is 0 Å². The minimum Gasteiger partial charge on any atom is -0.351 e. The third-order valence-electron chi connectivity index (χ3n) is 3.41. The molecule has 0 radical (unpaired) electrons. The molecule has 0 aliphatic heterocycles. The lowest BCUT2D eigenvalue weighted by Gasteiger charge is -2.12. The van der Waals surface area contributed by atoms with E-state index in [0.29, 0.717) is 20.9 Å². The number of benzene rings is 2. The second-order valence-electron chi connectivity index (χ2n) is 5.70. The van der Waals surface area contributed by atoms with Crippen molar-refractivity contribution in [3.05, 3.63) is 59.7 Å². The molecule has 0 saturated heterocycles. The van der Waals surface area contributed by atoms with E-state index in [-0.39, 0.29) is 10.2 Å². The highest BCUT2D eigenvalue weighted by atomic mass is 33.1. The van der Waals surface area contributed by atoms with Crippen LogP contribution in [0.3, 0.4) is 0 Å². The number of nitrogens with one attached hydrogen (secondary N) is 4. The summed E-state index contributed by atoms with van der Waals surface area (Å²) in [6.45, 7) is 0. The smallest absolute Gasteiger partial charge is 0.318 e. The van der Waals surface area contributed by atoms with Crippen molar-refractivity contribution in [2.45, 2.75) is 9.79 Å². The molecule has 8 N–H and O–H groups in total. The maximum atomic E-state index is 12.5. The Morgan fingerprint density at radius 1 is 0.625 bits per heavy atom. The van der Waals surface area contributed by atoms with Crippen LogP contribution in [0.2, 0.25) is 0 Å². The molecule has 0 saturated carbocycles. The van der Waals surface area contributed by atoms with Crippen LogP contribution in [0.15, 0.2) is 58.3 Å². The average molecular weight is 509 g/mol. The Morgan fingerprint density at radius 2 is 0.969 bits per heavy atom. The summed E-state index contributed by atoms with van der Waals surface area (Å²) in [7, 11) is 2.46. The lowest BCUT2D eigenvalue weighted by atomic mass is 10.2. The van der Waals surface area contributed by atoms with Gasteiger partial charge in [-0.3, -0.25) is 30.9 Å². The molecular formula is C18H16N6O4S4. The molecule has 0 aliphatic rings. The molecule has 0 aliphatic carbocycles. The molecule has 0 heterocycles. The first-order valence-corrected chi connectivity index (χ1v) is 11.5. The number of carbonyl (C=O) groups is 4. The summed E-state index contributed by atoms with van der Waals surface area (Å²) in [6.07, 6.45) is 0. The van der Waals surface area contributed by atoms with Gasteiger partial charge >= 0.3 is 12.1 Å². The van der Waals surface area contributed by atoms with Gasteiger partial charge in [-0.15, -0.1) is 0 Å². The fourth-order valence-electron chi connectivity index (χ4n) is 2.17. The molecule has 0 unspecified atom stereocenters. The average Bonchev–Trinajstić information content (AvgIpc) is 2.71. The number of urea groups is 2. The fourth-order valence-corrected chi connectivity index (χ4v) is 4.92. The van der Waals surface area contributed by atoms with Gasteiger partial charge in [0.25, 0.3) is 11.8 Å². The molecule has 0 bridgehead atoms. The van der Waals surface area contributed by atoms with E-state index in [1.807, 2.05) is 0 Å². The summed E-state index contributed by atoms with van der Waals surface area (Å²) >= 11 is 9.70. The van der Waals surface area contributed by atoms with E-state index in [2.05, 4.69) is 21.3 Å². The van der Waals surface area contributed by atoms with Crippen LogP contribution in [0.1, 0.15) is 20.7 Å². The van der Waals surface area contributed by atoms with E-state index < -0.39 is 23.9 Å². The van der Waals surface area contributed by atoms with Crippen LogP contribution in [-0.4, -0.2) is 34.1 Å². The summed E-state index contributed by atoms with van der Waals surface area (Å²) in [5.74, 6) is -1.08. The monoisotopic (exact) mass is 508 g/mol. The predicted octanol–water partition coefficient (Wildman–Crippen LogP) is 1.85. The highest BCUT2D eigenvalue weighted by molar-refractivity contribution is 8.76. The molecule has 2 aromatic rings. The van der Waals surface area contributed by atoms with Crippen LogP contribution in [0.4, 0.5) is 9.59 Å². The van der Waals surface area contributed by atoms with Gasteiger partial charge in [-0.2, -0.15) is 0 Å². The number of rotatable bonds is 5. The predicted molar refractivity (Wildman–Crippen MR) is 130 cm³/mol. The first-order chi connectivity index (χ1) is 15.2. The van der Waals surface area contributed by atoms with Crippen molar-refractivity contribution in [2.24, 2.45) is 11.5 Å². The molecular weight excluding hydrogens is 493 g/mol. The molecule has 0 fully saturated rings. The number of hydrogen-bond acceptors (Lipinski definition) is 8. The maximum Gasteiger partial charge on any atom is 0.318 e. The van der Waals surface area contributed by atoms with Crippen molar-refractivity contribution >= 4 is 80.1 Å². The zero-order chi connectivity index (χ0) is 23.7. The number of thiocarbonyl (C=S) groups is 2. The van der Waals surface area contributed by atoms with Crippen molar-refractivity contribution in [1.29, 1.82) is 0 Å². The first kappa shape index (κ1) is 25.1. The Labute approximate surface area is 201 Å². The van der Waals surface area contributed by atoms with E-state index in [4.69, 9.17) is 35.9 Å². The van der Waals surface area contributed by atoms with E-state index in [1.54, 1.807) is 48.5 Å². The van der Waals surface area contributed by atoms with Gasteiger partial charge in [0.1, 0.15) is 0 Å². The first-order valence-electron chi connectivity index (χ1n) is 8.53. The normalized spacial score (nSPS) is 9.88. The molecule has 2 rings (SSSR count). The van der Waals surface area contributed by atoms with Crippen molar-refractivity contribution in [3.63, 3.8) is 0 Å². The minimum atomic E-state index is -0.895. The van der Waals surface area contributed by atoms with Gasteiger partial charge in [0, 0.05) is 9.79 Å². The van der Waals surface area contributed by atoms with Gasteiger partial charge < -0.3 is 11.5 Å². The van der Waals surface area contributed by atoms with Crippen molar-refractivity contribution in [2.75, 3.05) is 0 Å². The van der Waals surface area contributed by atoms with Gasteiger partial charge in [-0.1, -0.05) is 45.9 Å². The third-order valence-corrected chi connectivity index (χ3v) is 6.30. The summed E-state index contributed by atoms with van der Waals surface area (Å²) in [5, 5.41) is 8.50. The molecule has 0 atom stereocenters. The number of carbonyl (C=O) groups excluding carboxylic acids is 4. The third kappa shape index (κ3) is 7.81. The molecule has 2 aromatic carbocycles. The molecule has 0 aromatic heterocycles. The molecule has 0 spiro atoms. The highest BCUT2D eigenvalue weighted by Crippen LogP contribution is 2.40. The van der Waals surface area contributed by atoms with Crippen molar-refractivity contribution < 1.29 is 19.2 Å². The Hall–Kier alpha value is -3.20. The van der Waals surface area contributed by atoms with Crippen molar-refractivity contribution in [1.82, 2.24) is 21.3 Å². The van der Waals surface area contributed by atoms with Gasteiger partial charge in [0.2, 0.25) is 0 Å². The second kappa shape index (κ2) is 12.0. The minimum absolute atomic E-state index is 0.225. The summed E-state index contributed by atoms with van der Waals surface area (Å²) in [4.78, 5) is 47.9. The van der Waals surface area contributed by atoms with Gasteiger partial charge in [0.15, 0.2) is 10.2 Å². The lowest BCUT2D eigenvalue weighted by molar-refractivity contribution is 0.0965. The second-order valence-corrected chi connectivity index (χ2v) is 8.73. The summed E-state index contributed by atoms with van der Waals surface area (Å²) in [5.41, 5.74) is 10.6. The Balaban J connectivity index is 2.13. The van der Waals surface area contributed by atoms with Crippen molar-refractivity contribution in [3.8, 4) is 0 Å². The van der Waals surface area contributed by atoms with E-state index in [9.17, 15) is 19.2 Å². The van der Waals surface area contributed by atoms with E-state index in [0.717, 1.165) is 0 Å². The molecule has 10 nitrogen and oxygen atoms in total. The van der Waals surface area contributed by atoms with E-state index >= 15 is 0 Å². The number of hydrogen-bond donors (Lipinski definition) is 6. The van der Waals surface area contributed by atoms with E-state index in [1.165, 1.54) is 21.6 Å². The van der Waals surface area contributed by atoms with Gasteiger partial charge in [-0.05, 0) is 48.7 Å². The number of primary amides is 2. The Bertz CT molecular complexity index is 1010. The van der Waals surface area contributed by atoms with Crippen LogP contribution in [-0.2, 0) is 0 Å². The Kier molecular flexibility index (Phi) is 9.39. The highest BCUT2D eigenvalue weighted by Gasteiger charge is 2.17. The summed E-state index contributed by atoms with van der Waals surface area (Å²) < 4.78 is 0. The lowest BCUT2D eigenvalue weighted by Crippen LogP contribution is -2.44. The van der Waals surface area contributed by atoms with Crippen LogP contribution >= 0.6 is 46.0 Å². The zero-order valence-electron chi connectivity index (χ0n) is 16.0. The van der Waals surface area contributed by atoms with Gasteiger partial charge in [-0.25, -0.2) is 9.59 Å².